The van der Waals surface area contributed by atoms with E-state index in [1.165, 1.54) is 19.2 Å². The van der Waals surface area contributed by atoms with Crippen molar-refractivity contribution in [3.63, 3.8) is 0 Å². The summed E-state index contributed by atoms with van der Waals surface area (Å²) in [5.74, 6) is -0.505. The number of carbonyl (C=O) groups is 1. The Hall–Kier alpha value is -2.11. The average molecular weight is 255 g/mol. The van der Waals surface area contributed by atoms with Crippen molar-refractivity contribution in [2.24, 2.45) is 0 Å². The molecule has 1 rings (SSSR count). The van der Waals surface area contributed by atoms with Crippen molar-refractivity contribution in [1.29, 1.82) is 0 Å². The number of nitrogens with zero attached hydrogens (tertiary/aromatic N) is 1. The van der Waals surface area contributed by atoms with Gasteiger partial charge in [-0.15, -0.1) is 0 Å². The van der Waals surface area contributed by atoms with Crippen LogP contribution in [0, 0.1) is 10.1 Å². The van der Waals surface area contributed by atoms with Gasteiger partial charge in [0.25, 0.3) is 5.69 Å². The number of hydrogen-bond acceptors (Lipinski definition) is 5. The summed E-state index contributed by atoms with van der Waals surface area (Å²) in [4.78, 5) is 21.7. The molecule has 0 heterocycles. The van der Waals surface area contributed by atoms with Crippen molar-refractivity contribution in [3.8, 4) is 5.75 Å². The van der Waals surface area contributed by atoms with Crippen molar-refractivity contribution in [2.45, 2.75) is 19.7 Å². The number of esters is 1. The fourth-order valence-corrected chi connectivity index (χ4v) is 1.32. The monoisotopic (exact) mass is 255 g/mol. The Morgan fingerprint density at radius 2 is 2.28 bits per heavy atom. The highest BCUT2D eigenvalue weighted by Crippen LogP contribution is 2.25. The van der Waals surface area contributed by atoms with Crippen LogP contribution in [-0.4, -0.2) is 24.6 Å². The summed E-state index contributed by atoms with van der Waals surface area (Å²) < 4.78 is 25.3. The quantitative estimate of drug-likeness (QED) is 0.442. The summed E-state index contributed by atoms with van der Waals surface area (Å²) in [5, 5.41) is 11.0. The lowest BCUT2D eigenvalue weighted by Crippen LogP contribution is -2.06. The number of carbonyl (C=O) groups excluding carboxylic acids is 1. The van der Waals surface area contributed by atoms with Gasteiger partial charge in [0, 0.05) is 14.7 Å². The second kappa shape index (κ2) is 6.58. The second-order valence-corrected chi connectivity index (χ2v) is 3.30. The third-order valence-electron chi connectivity index (χ3n) is 2.13. The van der Waals surface area contributed by atoms with E-state index in [2.05, 4.69) is 4.74 Å². The molecule has 0 saturated heterocycles. The molecule has 0 aliphatic heterocycles. The number of rotatable bonds is 6. The average Bonchev–Trinajstić information content (AvgIpc) is 2.37. The Morgan fingerprint density at radius 3 is 2.83 bits per heavy atom. The minimum atomic E-state index is -2.19. The maximum atomic E-state index is 11.4. The van der Waals surface area contributed by atoms with Crippen LogP contribution in [0.4, 0.5) is 5.69 Å². The maximum Gasteiger partial charge on any atom is 0.306 e. The Balaban J connectivity index is 3.16. The third-order valence-corrected chi connectivity index (χ3v) is 2.13. The van der Waals surface area contributed by atoms with Gasteiger partial charge in [-0.3, -0.25) is 14.9 Å². The number of ether oxygens (including phenoxy) is 2. The molecule has 1 aromatic carbocycles. The highest BCUT2D eigenvalue weighted by Gasteiger charge is 2.16. The number of benzene rings is 1. The first kappa shape index (κ1) is 11.0. The molecule has 98 valence electrons. The lowest BCUT2D eigenvalue weighted by atomic mass is 10.1. The first-order valence-corrected chi connectivity index (χ1v) is 5.30. The minimum Gasteiger partial charge on any atom is -0.497 e. The van der Waals surface area contributed by atoms with Crippen LogP contribution in [0.1, 0.15) is 21.6 Å². The first-order valence-electron chi connectivity index (χ1n) is 6.30. The summed E-state index contributed by atoms with van der Waals surface area (Å²) in [6.07, 6.45) is -2.78. The molecule has 0 fully saturated rings. The lowest BCUT2D eigenvalue weighted by Gasteiger charge is -2.05. The Kier molecular flexibility index (Phi) is 4.03. The predicted molar refractivity (Wildman–Crippen MR) is 64.6 cm³/mol. The van der Waals surface area contributed by atoms with Crippen LogP contribution in [0.3, 0.4) is 0 Å². The van der Waals surface area contributed by atoms with Crippen LogP contribution >= 0.6 is 0 Å². The standard InChI is InChI=1S/C12H15NO5/c1-3-18-12(14)7-5-9-4-6-10(17-2)8-11(9)13(15)16/h4,6,8H,3,5,7H2,1-2H3/i5D2. The molecule has 0 atom stereocenters. The fourth-order valence-electron chi connectivity index (χ4n) is 1.32. The Morgan fingerprint density at radius 1 is 1.56 bits per heavy atom. The Labute approximate surface area is 107 Å². The zero-order chi connectivity index (χ0) is 15.3. The molecule has 6 heteroatoms. The molecule has 0 spiro atoms. The van der Waals surface area contributed by atoms with Crippen LogP contribution in [0.15, 0.2) is 18.2 Å². The molecule has 6 nitrogen and oxygen atoms in total. The van der Waals surface area contributed by atoms with Gasteiger partial charge in [0.1, 0.15) is 5.75 Å². The minimum absolute atomic E-state index is 0.125. The van der Waals surface area contributed by atoms with Crippen LogP contribution < -0.4 is 4.74 Å². The highest BCUT2D eigenvalue weighted by molar-refractivity contribution is 5.70. The highest BCUT2D eigenvalue weighted by atomic mass is 16.6. The van der Waals surface area contributed by atoms with Crippen molar-refractivity contribution in [1.82, 2.24) is 0 Å². The normalized spacial score (nSPS) is 12.3. The number of hydrogen-bond donors (Lipinski definition) is 0. The van der Waals surface area contributed by atoms with Gasteiger partial charge in [0.05, 0.1) is 24.7 Å². The SMILES string of the molecule is [2H]C([2H])(CC(=O)OCC)c1ccc(OC)cc1[N+](=O)[O-]. The lowest BCUT2D eigenvalue weighted by molar-refractivity contribution is -0.385. The zero-order valence-corrected chi connectivity index (χ0v) is 10.1. The summed E-state index contributed by atoms with van der Waals surface area (Å²) >= 11 is 0. The number of nitro benzene ring substituents is 1. The molecule has 0 aromatic heterocycles. The van der Waals surface area contributed by atoms with Crippen molar-refractivity contribution < 1.29 is 21.9 Å². The van der Waals surface area contributed by atoms with Crippen LogP contribution in [0.5, 0.6) is 5.75 Å². The van der Waals surface area contributed by atoms with Gasteiger partial charge in [-0.2, -0.15) is 0 Å². The molecule has 0 aliphatic carbocycles. The summed E-state index contributed by atoms with van der Waals surface area (Å²) in [7, 11) is 1.35. The van der Waals surface area contributed by atoms with Gasteiger partial charge in [0.2, 0.25) is 0 Å². The van der Waals surface area contributed by atoms with Gasteiger partial charge in [-0.25, -0.2) is 0 Å². The summed E-state index contributed by atoms with van der Waals surface area (Å²) in [6, 6.07) is 3.78. The zero-order valence-electron chi connectivity index (χ0n) is 12.1. The predicted octanol–water partition coefficient (Wildman–Crippen LogP) is 2.10. The van der Waals surface area contributed by atoms with E-state index in [0.29, 0.717) is 0 Å². The number of nitro groups is 1. The molecule has 0 unspecified atom stereocenters. The van der Waals surface area contributed by atoms with E-state index in [1.807, 2.05) is 0 Å². The molecule has 18 heavy (non-hydrogen) atoms. The van der Waals surface area contributed by atoms with Crippen LogP contribution in [0.25, 0.3) is 0 Å². The van der Waals surface area contributed by atoms with Gasteiger partial charge in [-0.1, -0.05) is 0 Å². The smallest absolute Gasteiger partial charge is 0.306 e. The molecule has 0 amide bonds. The van der Waals surface area contributed by atoms with Gasteiger partial charge in [0.15, 0.2) is 0 Å². The van der Waals surface area contributed by atoms with E-state index in [1.54, 1.807) is 6.92 Å². The third kappa shape index (κ3) is 3.73. The Bertz CT molecular complexity index is 519. The molecule has 0 N–H and O–H groups in total. The van der Waals surface area contributed by atoms with E-state index in [-0.39, 0.29) is 17.9 Å². The molecular formula is C12H15NO5. The molecule has 0 saturated carbocycles. The fraction of sp³-hybridized carbons (Fsp3) is 0.417. The van der Waals surface area contributed by atoms with Gasteiger partial charge in [-0.05, 0) is 25.4 Å². The summed E-state index contributed by atoms with van der Waals surface area (Å²) in [5.41, 5.74) is -0.616. The number of methoxy groups -OCH3 is 1. The van der Waals surface area contributed by atoms with Crippen LogP contribution in [0.2, 0.25) is 0 Å². The van der Waals surface area contributed by atoms with Gasteiger partial charge >= 0.3 is 5.97 Å². The van der Waals surface area contributed by atoms with E-state index in [0.717, 1.165) is 6.07 Å². The van der Waals surface area contributed by atoms with E-state index < -0.39 is 29.4 Å². The number of aryl methyl sites for hydroxylation is 1. The van der Waals surface area contributed by atoms with Crippen molar-refractivity contribution in [3.05, 3.63) is 33.9 Å². The van der Waals surface area contributed by atoms with Crippen LogP contribution in [-0.2, 0) is 15.9 Å². The second-order valence-electron chi connectivity index (χ2n) is 3.30. The molecular weight excluding hydrogens is 238 g/mol. The summed E-state index contributed by atoms with van der Waals surface area (Å²) in [6.45, 7) is 1.73. The molecule has 0 aliphatic rings. The molecule has 0 bridgehead atoms. The van der Waals surface area contributed by atoms with E-state index in [4.69, 9.17) is 7.48 Å². The molecule has 1 aromatic rings. The maximum absolute atomic E-state index is 11.4. The first-order chi connectivity index (χ1) is 9.31. The van der Waals surface area contributed by atoms with E-state index in [9.17, 15) is 14.9 Å². The van der Waals surface area contributed by atoms with Crippen molar-refractivity contribution >= 4 is 11.7 Å². The van der Waals surface area contributed by atoms with Crippen molar-refractivity contribution in [2.75, 3.05) is 13.7 Å². The molecule has 0 radical (unpaired) electrons. The largest absolute Gasteiger partial charge is 0.497 e. The topological polar surface area (TPSA) is 78.7 Å². The van der Waals surface area contributed by atoms with E-state index >= 15 is 0 Å². The van der Waals surface area contributed by atoms with Gasteiger partial charge < -0.3 is 9.47 Å².